The van der Waals surface area contributed by atoms with Crippen LogP contribution in [0.1, 0.15) is 58.8 Å². The van der Waals surface area contributed by atoms with Crippen LogP contribution in [0.4, 0.5) is 0 Å². The first-order chi connectivity index (χ1) is 8.11. The first-order valence-corrected chi connectivity index (χ1v) is 6.70. The van der Waals surface area contributed by atoms with Crippen molar-refractivity contribution in [3.8, 4) is 0 Å². The van der Waals surface area contributed by atoms with Gasteiger partial charge in [0.2, 0.25) is 11.8 Å². The van der Waals surface area contributed by atoms with Crippen molar-refractivity contribution in [2.24, 2.45) is 0 Å². The van der Waals surface area contributed by atoms with Gasteiger partial charge in [-0.25, -0.2) is 0 Å². The van der Waals surface area contributed by atoms with Crippen molar-refractivity contribution < 1.29 is 9.59 Å². The van der Waals surface area contributed by atoms with Crippen molar-refractivity contribution in [1.82, 2.24) is 10.6 Å². The quantitative estimate of drug-likeness (QED) is 0.789. The second-order valence-corrected chi connectivity index (χ2v) is 4.95. The lowest BCUT2D eigenvalue weighted by atomic mass is 10.1. The molecule has 2 fully saturated rings. The largest absolute Gasteiger partial charge is 0.354 e. The molecule has 0 aromatic rings. The zero-order valence-electron chi connectivity index (χ0n) is 10.9. The number of carbonyl (C=O) groups is 2. The Morgan fingerprint density at radius 1 is 1.12 bits per heavy atom. The molecule has 0 radical (unpaired) electrons. The van der Waals surface area contributed by atoms with Gasteiger partial charge in [0.05, 0.1) is 0 Å². The van der Waals surface area contributed by atoms with Crippen LogP contribution in [0.15, 0.2) is 0 Å². The standard InChI is InChI=1S/C8H15NO.C5H9NO/c1-2-3-4-7-5-6-8(10)9-7;1-4-2-3-5(7)6-4/h7H,2-6H2,1H3,(H,9,10);4H,2-3H2,1H3,(H,6,7)/t;4-/m.0/s1. The highest BCUT2D eigenvalue weighted by Gasteiger charge is 2.19. The summed E-state index contributed by atoms with van der Waals surface area (Å²) in [6.07, 6.45) is 7.17. The van der Waals surface area contributed by atoms with Crippen LogP contribution in [0.3, 0.4) is 0 Å². The number of rotatable bonds is 3. The number of nitrogens with one attached hydrogen (secondary N) is 2. The second kappa shape index (κ2) is 7.30. The van der Waals surface area contributed by atoms with Gasteiger partial charge >= 0.3 is 0 Å². The third-order valence-electron chi connectivity index (χ3n) is 3.20. The van der Waals surface area contributed by atoms with Crippen molar-refractivity contribution in [2.75, 3.05) is 0 Å². The maximum atomic E-state index is 10.7. The van der Waals surface area contributed by atoms with Gasteiger partial charge in [0.15, 0.2) is 0 Å². The van der Waals surface area contributed by atoms with Gasteiger partial charge in [-0.15, -0.1) is 0 Å². The molecule has 2 atom stereocenters. The van der Waals surface area contributed by atoms with Crippen LogP contribution in [-0.2, 0) is 9.59 Å². The smallest absolute Gasteiger partial charge is 0.220 e. The van der Waals surface area contributed by atoms with Gasteiger partial charge in [-0.05, 0) is 26.2 Å². The van der Waals surface area contributed by atoms with E-state index in [2.05, 4.69) is 17.6 Å². The molecule has 4 heteroatoms. The molecule has 2 saturated heterocycles. The third kappa shape index (κ3) is 5.71. The molecule has 17 heavy (non-hydrogen) atoms. The minimum absolute atomic E-state index is 0.201. The minimum Gasteiger partial charge on any atom is -0.354 e. The van der Waals surface area contributed by atoms with E-state index in [0.717, 1.165) is 25.7 Å². The Balaban J connectivity index is 0.000000181. The van der Waals surface area contributed by atoms with E-state index in [1.54, 1.807) is 0 Å². The molecule has 0 aromatic carbocycles. The predicted octanol–water partition coefficient (Wildman–Crippen LogP) is 1.74. The number of hydrogen-bond donors (Lipinski definition) is 2. The third-order valence-corrected chi connectivity index (χ3v) is 3.20. The topological polar surface area (TPSA) is 58.2 Å². The molecular formula is C13H24N2O2. The van der Waals surface area contributed by atoms with Crippen LogP contribution in [0.25, 0.3) is 0 Å². The fraction of sp³-hybridized carbons (Fsp3) is 0.846. The molecule has 98 valence electrons. The van der Waals surface area contributed by atoms with Crippen molar-refractivity contribution in [3.05, 3.63) is 0 Å². The molecule has 0 spiro atoms. The molecule has 2 rings (SSSR count). The highest BCUT2D eigenvalue weighted by atomic mass is 16.2. The summed E-state index contributed by atoms with van der Waals surface area (Å²) >= 11 is 0. The Bertz CT molecular complexity index is 266. The molecule has 2 N–H and O–H groups in total. The fourth-order valence-corrected chi connectivity index (χ4v) is 2.11. The Morgan fingerprint density at radius 2 is 1.76 bits per heavy atom. The number of unbranched alkanes of at least 4 members (excludes halogenated alkanes) is 1. The van der Waals surface area contributed by atoms with E-state index in [0.29, 0.717) is 12.1 Å². The average molecular weight is 240 g/mol. The van der Waals surface area contributed by atoms with E-state index < -0.39 is 0 Å². The van der Waals surface area contributed by atoms with Crippen LogP contribution < -0.4 is 10.6 Å². The molecule has 0 bridgehead atoms. The molecule has 0 saturated carbocycles. The van der Waals surface area contributed by atoms with E-state index in [1.165, 1.54) is 19.3 Å². The van der Waals surface area contributed by atoms with Crippen molar-refractivity contribution in [2.45, 2.75) is 70.9 Å². The highest BCUT2D eigenvalue weighted by molar-refractivity contribution is 5.78. The first-order valence-electron chi connectivity index (χ1n) is 6.70. The Labute approximate surface area is 104 Å². The van der Waals surface area contributed by atoms with E-state index >= 15 is 0 Å². The van der Waals surface area contributed by atoms with E-state index in [1.807, 2.05) is 6.92 Å². The zero-order chi connectivity index (χ0) is 12.7. The van der Waals surface area contributed by atoms with Gasteiger partial charge < -0.3 is 10.6 Å². The highest BCUT2D eigenvalue weighted by Crippen LogP contribution is 2.12. The van der Waals surface area contributed by atoms with Gasteiger partial charge in [-0.1, -0.05) is 19.8 Å². The van der Waals surface area contributed by atoms with Gasteiger partial charge in [-0.2, -0.15) is 0 Å². The molecule has 2 aliphatic heterocycles. The Hall–Kier alpha value is -1.06. The lowest BCUT2D eigenvalue weighted by Gasteiger charge is -2.06. The number of carbonyl (C=O) groups excluding carboxylic acids is 2. The molecule has 2 amide bonds. The lowest BCUT2D eigenvalue weighted by molar-refractivity contribution is -0.120. The fourth-order valence-electron chi connectivity index (χ4n) is 2.11. The number of hydrogen-bond acceptors (Lipinski definition) is 2. The summed E-state index contributed by atoms with van der Waals surface area (Å²) in [6, 6.07) is 0.917. The number of amides is 2. The Kier molecular flexibility index (Phi) is 6.01. The molecule has 4 nitrogen and oxygen atoms in total. The Morgan fingerprint density at radius 3 is 2.12 bits per heavy atom. The minimum atomic E-state index is 0.201. The monoisotopic (exact) mass is 240 g/mol. The maximum absolute atomic E-state index is 10.7. The summed E-state index contributed by atoms with van der Waals surface area (Å²) in [6.45, 7) is 4.20. The summed E-state index contributed by atoms with van der Waals surface area (Å²) in [7, 11) is 0. The SMILES string of the molecule is CCCCC1CCC(=O)N1.C[C@H]1CCC(=O)N1. The van der Waals surface area contributed by atoms with Gasteiger partial charge in [0, 0.05) is 24.9 Å². The predicted molar refractivity (Wildman–Crippen MR) is 67.5 cm³/mol. The summed E-state index contributed by atoms with van der Waals surface area (Å²) in [5.74, 6) is 0.439. The van der Waals surface area contributed by atoms with Crippen LogP contribution in [0.5, 0.6) is 0 Å². The normalized spacial score (nSPS) is 27.2. The van der Waals surface area contributed by atoms with Crippen LogP contribution in [-0.4, -0.2) is 23.9 Å². The molecule has 1 unspecified atom stereocenters. The molecule has 2 heterocycles. The lowest BCUT2D eigenvalue weighted by Crippen LogP contribution is -2.24. The van der Waals surface area contributed by atoms with Gasteiger partial charge in [0.25, 0.3) is 0 Å². The van der Waals surface area contributed by atoms with Crippen LogP contribution in [0, 0.1) is 0 Å². The zero-order valence-corrected chi connectivity index (χ0v) is 10.9. The van der Waals surface area contributed by atoms with Crippen molar-refractivity contribution in [1.29, 1.82) is 0 Å². The molecule has 0 aliphatic carbocycles. The van der Waals surface area contributed by atoms with Crippen LogP contribution >= 0.6 is 0 Å². The van der Waals surface area contributed by atoms with Gasteiger partial charge in [0.1, 0.15) is 0 Å². The second-order valence-electron chi connectivity index (χ2n) is 4.95. The van der Waals surface area contributed by atoms with Gasteiger partial charge in [-0.3, -0.25) is 9.59 Å². The molecule has 0 aromatic heterocycles. The van der Waals surface area contributed by atoms with Crippen molar-refractivity contribution in [3.63, 3.8) is 0 Å². The average Bonchev–Trinajstić information content (AvgIpc) is 2.86. The summed E-state index contributed by atoms with van der Waals surface area (Å²) in [4.78, 5) is 21.0. The molecular weight excluding hydrogens is 216 g/mol. The molecule has 2 aliphatic rings. The summed E-state index contributed by atoms with van der Waals surface area (Å²) in [5, 5.41) is 5.73. The maximum Gasteiger partial charge on any atom is 0.220 e. The van der Waals surface area contributed by atoms with E-state index in [4.69, 9.17) is 0 Å². The van der Waals surface area contributed by atoms with Crippen LogP contribution in [0.2, 0.25) is 0 Å². The summed E-state index contributed by atoms with van der Waals surface area (Å²) < 4.78 is 0. The van der Waals surface area contributed by atoms with E-state index in [-0.39, 0.29) is 11.8 Å². The first kappa shape index (κ1) is 14.0. The van der Waals surface area contributed by atoms with Crippen molar-refractivity contribution >= 4 is 11.8 Å². The summed E-state index contributed by atoms with van der Waals surface area (Å²) in [5.41, 5.74) is 0. The van der Waals surface area contributed by atoms with E-state index in [9.17, 15) is 9.59 Å².